The fourth-order valence-electron chi connectivity index (χ4n) is 1.03. The van der Waals surface area contributed by atoms with E-state index >= 15 is 0 Å². The molecule has 0 saturated carbocycles. The van der Waals surface area contributed by atoms with E-state index < -0.39 is 11.7 Å². The third kappa shape index (κ3) is 2.93. The number of ether oxygens (including phenoxy) is 1. The number of hydrogen-bond acceptors (Lipinski definition) is 3. The van der Waals surface area contributed by atoms with Crippen LogP contribution in [-0.2, 0) is 4.74 Å². The highest BCUT2D eigenvalue weighted by Crippen LogP contribution is 2.16. The molecule has 1 aromatic heterocycles. The molecule has 0 saturated heterocycles. The van der Waals surface area contributed by atoms with E-state index in [1.54, 1.807) is 0 Å². The van der Waals surface area contributed by atoms with Gasteiger partial charge in [0.1, 0.15) is 9.30 Å². The number of carbonyl (C=O) groups excluding carboxylic acids is 1. The molecule has 5 heteroatoms. The molecule has 0 bridgehead atoms. The molecule has 1 heterocycles. The molecule has 15 heavy (non-hydrogen) atoms. The second-order valence-electron chi connectivity index (χ2n) is 4.39. The summed E-state index contributed by atoms with van der Waals surface area (Å²) in [5.74, 6) is 0. The van der Waals surface area contributed by atoms with Crippen LogP contribution < -0.4 is 0 Å². The zero-order chi connectivity index (χ0) is 11.8. The molecule has 1 aromatic rings. The van der Waals surface area contributed by atoms with Crippen LogP contribution >= 0.6 is 22.6 Å². The van der Waals surface area contributed by atoms with Crippen molar-refractivity contribution in [1.82, 2.24) is 9.78 Å². The van der Waals surface area contributed by atoms with Crippen LogP contribution in [0, 0.1) is 17.5 Å². The van der Waals surface area contributed by atoms with Crippen LogP contribution in [0.5, 0.6) is 0 Å². The third-order valence-corrected chi connectivity index (χ3v) is 2.95. The van der Waals surface area contributed by atoms with E-state index in [2.05, 4.69) is 27.7 Å². The van der Waals surface area contributed by atoms with E-state index in [9.17, 15) is 4.79 Å². The van der Waals surface area contributed by atoms with Gasteiger partial charge in [0, 0.05) is 5.56 Å². The largest absolute Gasteiger partial charge is 0.442 e. The Morgan fingerprint density at radius 1 is 1.40 bits per heavy atom. The van der Waals surface area contributed by atoms with Gasteiger partial charge in [-0.1, -0.05) is 0 Å². The minimum Gasteiger partial charge on any atom is -0.442 e. The van der Waals surface area contributed by atoms with Crippen molar-refractivity contribution in [1.29, 1.82) is 0 Å². The Kier molecular flexibility index (Phi) is 3.42. The first-order valence-electron chi connectivity index (χ1n) is 4.67. The molecular formula is C10H15IN2O2. The number of carbonyl (C=O) groups is 1. The van der Waals surface area contributed by atoms with E-state index in [-0.39, 0.29) is 0 Å². The summed E-state index contributed by atoms with van der Waals surface area (Å²) in [6, 6.07) is 0. The Morgan fingerprint density at radius 2 is 1.93 bits per heavy atom. The molecule has 1 rings (SSSR count). The molecule has 0 aliphatic rings. The molecule has 0 aromatic carbocycles. The van der Waals surface area contributed by atoms with E-state index in [1.807, 2.05) is 34.6 Å². The van der Waals surface area contributed by atoms with Gasteiger partial charge in [0.15, 0.2) is 0 Å². The molecule has 0 radical (unpaired) electrons. The first-order chi connectivity index (χ1) is 6.72. The van der Waals surface area contributed by atoms with E-state index in [1.165, 1.54) is 4.68 Å². The highest BCUT2D eigenvalue weighted by Gasteiger charge is 2.21. The van der Waals surface area contributed by atoms with Crippen molar-refractivity contribution in [2.24, 2.45) is 0 Å². The summed E-state index contributed by atoms with van der Waals surface area (Å²) in [6.07, 6.45) is -0.425. The smallest absolute Gasteiger partial charge is 0.435 e. The Hall–Kier alpha value is -0.590. The third-order valence-electron chi connectivity index (χ3n) is 1.92. The van der Waals surface area contributed by atoms with E-state index in [4.69, 9.17) is 4.74 Å². The lowest BCUT2D eigenvalue weighted by Crippen LogP contribution is -2.28. The van der Waals surface area contributed by atoms with Gasteiger partial charge in [0.05, 0.1) is 5.69 Å². The van der Waals surface area contributed by atoms with Gasteiger partial charge < -0.3 is 4.74 Å². The number of hydrogen-bond donors (Lipinski definition) is 0. The van der Waals surface area contributed by atoms with Crippen LogP contribution in [0.4, 0.5) is 4.79 Å². The van der Waals surface area contributed by atoms with Gasteiger partial charge in [-0.05, 0) is 57.2 Å². The summed E-state index contributed by atoms with van der Waals surface area (Å²) in [5, 5.41) is 4.12. The molecule has 0 N–H and O–H groups in total. The molecule has 0 spiro atoms. The molecule has 0 fully saturated rings. The van der Waals surface area contributed by atoms with Gasteiger partial charge in [-0.3, -0.25) is 0 Å². The lowest BCUT2D eigenvalue weighted by Gasteiger charge is -2.19. The summed E-state index contributed by atoms with van der Waals surface area (Å²) >= 11 is 2.10. The number of aromatic nitrogens is 2. The predicted molar refractivity (Wildman–Crippen MR) is 66.1 cm³/mol. The number of rotatable bonds is 0. The summed E-state index contributed by atoms with van der Waals surface area (Å²) in [5.41, 5.74) is 1.35. The minimum atomic E-state index is -0.491. The second kappa shape index (κ2) is 4.11. The van der Waals surface area contributed by atoms with Crippen molar-refractivity contribution < 1.29 is 9.53 Å². The van der Waals surface area contributed by atoms with Crippen molar-refractivity contribution in [3.63, 3.8) is 0 Å². The Balaban J connectivity index is 2.98. The summed E-state index contributed by atoms with van der Waals surface area (Å²) in [4.78, 5) is 11.7. The summed E-state index contributed by atoms with van der Waals surface area (Å²) in [6.45, 7) is 9.30. The maximum absolute atomic E-state index is 11.7. The van der Waals surface area contributed by atoms with Crippen molar-refractivity contribution in [3.05, 3.63) is 15.0 Å². The molecule has 84 valence electrons. The van der Waals surface area contributed by atoms with Crippen molar-refractivity contribution >= 4 is 28.7 Å². The lowest BCUT2D eigenvalue weighted by molar-refractivity contribution is 0.0510. The average molecular weight is 322 g/mol. The quantitative estimate of drug-likeness (QED) is 0.690. The SMILES string of the molecule is Cc1c(I)nn(C(=O)OC(C)(C)C)c1C. The van der Waals surface area contributed by atoms with Crippen LogP contribution in [-0.4, -0.2) is 21.5 Å². The zero-order valence-corrected chi connectivity index (χ0v) is 11.7. The van der Waals surface area contributed by atoms with Gasteiger partial charge in [-0.25, -0.2) is 4.79 Å². The Bertz CT molecular complexity index is 391. The van der Waals surface area contributed by atoms with Gasteiger partial charge in [-0.15, -0.1) is 0 Å². The monoisotopic (exact) mass is 322 g/mol. The first-order valence-corrected chi connectivity index (χ1v) is 5.75. The second-order valence-corrected chi connectivity index (χ2v) is 5.42. The maximum atomic E-state index is 11.7. The number of nitrogens with zero attached hydrogens (tertiary/aromatic N) is 2. The van der Waals surface area contributed by atoms with Crippen molar-refractivity contribution in [2.75, 3.05) is 0 Å². The highest BCUT2D eigenvalue weighted by molar-refractivity contribution is 14.1. The van der Waals surface area contributed by atoms with Crippen LogP contribution in [0.2, 0.25) is 0 Å². The highest BCUT2D eigenvalue weighted by atomic mass is 127. The summed E-state index contributed by atoms with van der Waals surface area (Å²) in [7, 11) is 0. The molecular weight excluding hydrogens is 307 g/mol. The van der Waals surface area contributed by atoms with E-state index in [0.717, 1.165) is 15.0 Å². The maximum Gasteiger partial charge on any atom is 0.435 e. The zero-order valence-electron chi connectivity index (χ0n) is 9.59. The van der Waals surface area contributed by atoms with Gasteiger partial charge >= 0.3 is 6.09 Å². The predicted octanol–water partition coefficient (Wildman–Crippen LogP) is 2.89. The first kappa shape index (κ1) is 12.5. The Labute approximate surface area is 103 Å². The Morgan fingerprint density at radius 3 is 2.27 bits per heavy atom. The van der Waals surface area contributed by atoms with Gasteiger partial charge in [0.25, 0.3) is 0 Å². The molecule has 0 atom stereocenters. The van der Waals surface area contributed by atoms with Crippen LogP contribution in [0.25, 0.3) is 0 Å². The molecule has 0 aliphatic carbocycles. The van der Waals surface area contributed by atoms with E-state index in [0.29, 0.717) is 0 Å². The van der Waals surface area contributed by atoms with Crippen LogP contribution in [0.1, 0.15) is 32.0 Å². The normalized spacial score (nSPS) is 11.6. The molecule has 4 nitrogen and oxygen atoms in total. The molecule has 0 aliphatic heterocycles. The lowest BCUT2D eigenvalue weighted by atomic mass is 10.2. The standard InChI is InChI=1S/C10H15IN2O2/c1-6-7(2)13(12-8(6)11)9(14)15-10(3,4)5/h1-5H3. The fraction of sp³-hybridized carbons (Fsp3) is 0.600. The van der Waals surface area contributed by atoms with Gasteiger partial charge in [0.2, 0.25) is 0 Å². The molecule has 0 amide bonds. The summed E-state index contributed by atoms with van der Waals surface area (Å²) < 4.78 is 7.37. The topological polar surface area (TPSA) is 44.1 Å². The van der Waals surface area contributed by atoms with Gasteiger partial charge in [-0.2, -0.15) is 9.78 Å². The van der Waals surface area contributed by atoms with Crippen LogP contribution in [0.3, 0.4) is 0 Å². The number of halogens is 1. The minimum absolute atomic E-state index is 0.425. The molecule has 0 unspecified atom stereocenters. The van der Waals surface area contributed by atoms with Crippen LogP contribution in [0.15, 0.2) is 0 Å². The van der Waals surface area contributed by atoms with Crippen molar-refractivity contribution in [3.8, 4) is 0 Å². The van der Waals surface area contributed by atoms with Crippen molar-refractivity contribution in [2.45, 2.75) is 40.2 Å². The average Bonchev–Trinajstić information content (AvgIpc) is 2.30. The fourth-order valence-corrected chi connectivity index (χ4v) is 1.63.